The van der Waals surface area contributed by atoms with Crippen LogP contribution in [-0.4, -0.2) is 18.5 Å². The normalized spacial score (nSPS) is 14.6. The molecule has 86 valence electrons. The van der Waals surface area contributed by atoms with Gasteiger partial charge < -0.3 is 10.6 Å². The van der Waals surface area contributed by atoms with Crippen LogP contribution in [0.5, 0.6) is 0 Å². The Morgan fingerprint density at radius 3 is 2.81 bits per heavy atom. The number of hydrogen-bond acceptors (Lipinski definition) is 2. The lowest BCUT2D eigenvalue weighted by Gasteiger charge is -2.11. The number of nitrogens with one attached hydrogen (secondary N) is 2. The summed E-state index contributed by atoms with van der Waals surface area (Å²) < 4.78 is 0. The van der Waals surface area contributed by atoms with Crippen LogP contribution in [0.25, 0.3) is 0 Å². The van der Waals surface area contributed by atoms with Crippen molar-refractivity contribution in [2.45, 2.75) is 32.7 Å². The number of benzene rings is 1. The lowest BCUT2D eigenvalue weighted by atomic mass is 10.1. The summed E-state index contributed by atoms with van der Waals surface area (Å²) in [5.74, 6) is 0.0402. The Bertz CT molecular complexity index is 397. The van der Waals surface area contributed by atoms with Crippen molar-refractivity contribution in [3.8, 4) is 0 Å². The molecule has 1 saturated carbocycles. The van der Waals surface area contributed by atoms with Crippen LogP contribution in [0.2, 0.25) is 0 Å². The van der Waals surface area contributed by atoms with Crippen LogP contribution in [0.15, 0.2) is 18.2 Å². The van der Waals surface area contributed by atoms with E-state index in [-0.39, 0.29) is 5.91 Å². The maximum Gasteiger partial charge on any atom is 0.253 e. The Balaban J connectivity index is 2.19. The van der Waals surface area contributed by atoms with Gasteiger partial charge in [0.1, 0.15) is 0 Å². The van der Waals surface area contributed by atoms with Crippen LogP contribution in [-0.2, 0) is 0 Å². The average molecular weight is 218 g/mol. The number of hydrogen-bond donors (Lipinski definition) is 2. The van der Waals surface area contributed by atoms with Crippen LogP contribution >= 0.6 is 0 Å². The van der Waals surface area contributed by atoms with E-state index in [1.54, 1.807) is 0 Å². The van der Waals surface area contributed by atoms with Crippen LogP contribution in [0.3, 0.4) is 0 Å². The molecule has 0 aromatic heterocycles. The van der Waals surface area contributed by atoms with Crippen molar-refractivity contribution in [2.24, 2.45) is 0 Å². The number of anilines is 1. The van der Waals surface area contributed by atoms with Gasteiger partial charge >= 0.3 is 0 Å². The van der Waals surface area contributed by atoms with Crippen LogP contribution < -0.4 is 10.6 Å². The van der Waals surface area contributed by atoms with Gasteiger partial charge in [0.25, 0.3) is 5.91 Å². The molecule has 1 aliphatic carbocycles. The second kappa shape index (κ2) is 4.56. The zero-order valence-electron chi connectivity index (χ0n) is 9.84. The molecule has 0 spiro atoms. The maximum atomic E-state index is 12.0. The highest BCUT2D eigenvalue weighted by atomic mass is 16.1. The quantitative estimate of drug-likeness (QED) is 0.814. The molecule has 0 atom stereocenters. The summed E-state index contributed by atoms with van der Waals surface area (Å²) in [6, 6.07) is 6.29. The molecule has 3 heteroatoms. The zero-order chi connectivity index (χ0) is 11.5. The van der Waals surface area contributed by atoms with Crippen molar-refractivity contribution in [2.75, 3.05) is 11.9 Å². The highest BCUT2D eigenvalue weighted by Gasteiger charge is 2.24. The van der Waals surface area contributed by atoms with E-state index in [4.69, 9.17) is 0 Å². The SMILES string of the molecule is CCNc1cc(C)ccc1C(=O)NC1CC1. The van der Waals surface area contributed by atoms with E-state index in [1.807, 2.05) is 32.0 Å². The minimum atomic E-state index is 0.0402. The van der Waals surface area contributed by atoms with E-state index in [0.717, 1.165) is 30.6 Å². The molecule has 0 aliphatic heterocycles. The van der Waals surface area contributed by atoms with E-state index in [1.165, 1.54) is 5.56 Å². The fourth-order valence-corrected chi connectivity index (χ4v) is 1.68. The van der Waals surface area contributed by atoms with E-state index in [2.05, 4.69) is 10.6 Å². The van der Waals surface area contributed by atoms with Gasteiger partial charge in [-0.25, -0.2) is 0 Å². The molecular formula is C13H18N2O. The first-order valence-corrected chi connectivity index (χ1v) is 5.86. The Morgan fingerprint density at radius 2 is 2.19 bits per heavy atom. The Labute approximate surface area is 96.2 Å². The van der Waals surface area contributed by atoms with Gasteiger partial charge in [-0.05, 0) is 44.4 Å². The molecule has 0 heterocycles. The third kappa shape index (κ3) is 2.54. The first kappa shape index (κ1) is 11.0. The average Bonchev–Trinajstić information content (AvgIpc) is 3.02. The molecule has 0 saturated heterocycles. The Hall–Kier alpha value is -1.51. The summed E-state index contributed by atoms with van der Waals surface area (Å²) in [5, 5.41) is 6.24. The summed E-state index contributed by atoms with van der Waals surface area (Å²) in [4.78, 5) is 12.0. The Morgan fingerprint density at radius 1 is 1.44 bits per heavy atom. The summed E-state index contributed by atoms with van der Waals surface area (Å²) >= 11 is 0. The molecule has 2 rings (SSSR count). The number of carbonyl (C=O) groups is 1. The molecule has 1 aromatic rings. The summed E-state index contributed by atoms with van der Waals surface area (Å²) in [6.45, 7) is 4.89. The summed E-state index contributed by atoms with van der Waals surface area (Å²) in [7, 11) is 0. The molecular weight excluding hydrogens is 200 g/mol. The van der Waals surface area contributed by atoms with Gasteiger partial charge in [0.15, 0.2) is 0 Å². The maximum absolute atomic E-state index is 12.0. The van der Waals surface area contributed by atoms with Gasteiger partial charge in [0, 0.05) is 18.3 Å². The molecule has 1 aromatic carbocycles. The second-order valence-corrected chi connectivity index (χ2v) is 4.33. The van der Waals surface area contributed by atoms with Gasteiger partial charge in [-0.15, -0.1) is 0 Å². The van der Waals surface area contributed by atoms with Crippen molar-refractivity contribution < 1.29 is 4.79 Å². The minimum absolute atomic E-state index is 0.0402. The molecule has 1 aliphatic rings. The van der Waals surface area contributed by atoms with Crippen molar-refractivity contribution in [1.29, 1.82) is 0 Å². The number of amides is 1. The first-order valence-electron chi connectivity index (χ1n) is 5.86. The largest absolute Gasteiger partial charge is 0.385 e. The third-order valence-electron chi connectivity index (χ3n) is 2.70. The standard InChI is InChI=1S/C13H18N2O/c1-3-14-12-8-9(2)4-7-11(12)13(16)15-10-5-6-10/h4,7-8,10,14H,3,5-6H2,1-2H3,(H,15,16). The van der Waals surface area contributed by atoms with Gasteiger partial charge in [-0.1, -0.05) is 6.07 Å². The van der Waals surface area contributed by atoms with Crippen molar-refractivity contribution in [3.63, 3.8) is 0 Å². The molecule has 3 nitrogen and oxygen atoms in total. The van der Waals surface area contributed by atoms with Gasteiger partial charge in [-0.2, -0.15) is 0 Å². The Kier molecular flexibility index (Phi) is 3.13. The summed E-state index contributed by atoms with van der Waals surface area (Å²) in [6.07, 6.45) is 2.24. The molecule has 2 N–H and O–H groups in total. The van der Waals surface area contributed by atoms with Crippen LogP contribution in [0, 0.1) is 6.92 Å². The highest BCUT2D eigenvalue weighted by molar-refractivity contribution is 6.00. The van der Waals surface area contributed by atoms with Gasteiger partial charge in [0.2, 0.25) is 0 Å². The number of rotatable bonds is 4. The fraction of sp³-hybridized carbons (Fsp3) is 0.462. The molecule has 0 unspecified atom stereocenters. The summed E-state index contributed by atoms with van der Waals surface area (Å²) in [5.41, 5.74) is 2.85. The lowest BCUT2D eigenvalue weighted by molar-refractivity contribution is 0.0952. The molecule has 16 heavy (non-hydrogen) atoms. The van der Waals surface area contributed by atoms with Crippen LogP contribution in [0.1, 0.15) is 35.7 Å². The van der Waals surface area contributed by atoms with E-state index in [9.17, 15) is 4.79 Å². The second-order valence-electron chi connectivity index (χ2n) is 4.33. The third-order valence-corrected chi connectivity index (χ3v) is 2.70. The van der Waals surface area contributed by atoms with Crippen molar-refractivity contribution in [1.82, 2.24) is 5.32 Å². The van der Waals surface area contributed by atoms with Gasteiger partial charge in [0.05, 0.1) is 5.56 Å². The fourth-order valence-electron chi connectivity index (χ4n) is 1.68. The molecule has 0 bridgehead atoms. The lowest BCUT2D eigenvalue weighted by Crippen LogP contribution is -2.26. The van der Waals surface area contributed by atoms with Crippen LogP contribution in [0.4, 0.5) is 5.69 Å². The van der Waals surface area contributed by atoms with E-state index < -0.39 is 0 Å². The van der Waals surface area contributed by atoms with Crippen molar-refractivity contribution >= 4 is 11.6 Å². The zero-order valence-corrected chi connectivity index (χ0v) is 9.84. The molecule has 0 radical (unpaired) electrons. The number of aryl methyl sites for hydroxylation is 1. The molecule has 1 fully saturated rings. The monoisotopic (exact) mass is 218 g/mol. The number of carbonyl (C=O) groups excluding carboxylic acids is 1. The van der Waals surface area contributed by atoms with Gasteiger partial charge in [-0.3, -0.25) is 4.79 Å². The topological polar surface area (TPSA) is 41.1 Å². The van der Waals surface area contributed by atoms with E-state index in [0.29, 0.717) is 6.04 Å². The van der Waals surface area contributed by atoms with E-state index >= 15 is 0 Å². The smallest absolute Gasteiger partial charge is 0.253 e. The minimum Gasteiger partial charge on any atom is -0.385 e. The predicted octanol–water partition coefficient (Wildman–Crippen LogP) is 2.32. The highest BCUT2D eigenvalue weighted by Crippen LogP contribution is 2.22. The van der Waals surface area contributed by atoms with Crippen molar-refractivity contribution in [3.05, 3.63) is 29.3 Å². The predicted molar refractivity (Wildman–Crippen MR) is 65.8 cm³/mol. The first-order chi connectivity index (χ1) is 7.70. The molecule has 1 amide bonds.